The highest BCUT2D eigenvalue weighted by Gasteiger charge is 2.24. The molecule has 4 N–H and O–H groups in total. The molecular weight excluding hydrogens is 406 g/mol. The molecule has 2 aromatic rings. The Morgan fingerprint density at radius 2 is 1.77 bits per heavy atom. The summed E-state index contributed by atoms with van der Waals surface area (Å²) in [5.41, 5.74) is 4.75. The standard InChI is InChI=1S/C22H26ClN3O4/c1-3-30-22(29)14(2)11-19(25-20(27)21(28)26-24)12-15-7-9-16(10-8-15)17-5-4-6-18(23)13-17/h4-10,13-14,19H,3,11-12,24H2,1-2H3,(H,25,27)(H,26,28). The number of carbonyl (C=O) groups is 3. The van der Waals surface area contributed by atoms with Crippen molar-refractivity contribution in [3.05, 3.63) is 59.1 Å². The van der Waals surface area contributed by atoms with Crippen LogP contribution in [0.15, 0.2) is 48.5 Å². The maximum atomic E-state index is 12.0. The summed E-state index contributed by atoms with van der Waals surface area (Å²) in [6, 6.07) is 14.9. The zero-order valence-electron chi connectivity index (χ0n) is 17.0. The topological polar surface area (TPSA) is 111 Å². The Morgan fingerprint density at radius 1 is 1.07 bits per heavy atom. The van der Waals surface area contributed by atoms with Crippen LogP contribution in [-0.2, 0) is 25.5 Å². The maximum Gasteiger partial charge on any atom is 0.323 e. The molecule has 0 spiro atoms. The molecule has 0 fully saturated rings. The van der Waals surface area contributed by atoms with Gasteiger partial charge in [0.05, 0.1) is 12.5 Å². The molecule has 2 aromatic carbocycles. The maximum absolute atomic E-state index is 12.0. The molecular formula is C22H26ClN3O4. The van der Waals surface area contributed by atoms with Crippen LogP contribution in [0.25, 0.3) is 11.1 Å². The largest absolute Gasteiger partial charge is 0.466 e. The SMILES string of the molecule is CCOC(=O)C(C)CC(Cc1ccc(-c2cccc(Cl)c2)cc1)NC(=O)C(=O)NN. The van der Waals surface area contributed by atoms with Gasteiger partial charge in [0.15, 0.2) is 0 Å². The number of hydrazine groups is 1. The predicted octanol–water partition coefficient (Wildman–Crippen LogP) is 2.61. The Bertz CT molecular complexity index is 886. The van der Waals surface area contributed by atoms with Crippen LogP contribution in [0, 0.1) is 5.92 Å². The lowest BCUT2D eigenvalue weighted by Crippen LogP contribution is -2.48. The third kappa shape index (κ3) is 6.86. The van der Waals surface area contributed by atoms with Crippen LogP contribution in [-0.4, -0.2) is 30.4 Å². The van der Waals surface area contributed by atoms with Gasteiger partial charge in [0.1, 0.15) is 0 Å². The minimum Gasteiger partial charge on any atom is -0.466 e. The quantitative estimate of drug-likeness (QED) is 0.195. The molecule has 2 amide bonds. The summed E-state index contributed by atoms with van der Waals surface area (Å²) in [6.07, 6.45) is 0.752. The average Bonchev–Trinajstić information content (AvgIpc) is 2.73. The lowest BCUT2D eigenvalue weighted by molar-refractivity contribution is -0.148. The number of nitrogens with one attached hydrogen (secondary N) is 2. The number of esters is 1. The molecule has 160 valence electrons. The smallest absolute Gasteiger partial charge is 0.323 e. The van der Waals surface area contributed by atoms with Crippen molar-refractivity contribution < 1.29 is 19.1 Å². The summed E-state index contributed by atoms with van der Waals surface area (Å²) in [5, 5.41) is 3.30. The van der Waals surface area contributed by atoms with Crippen molar-refractivity contribution in [2.75, 3.05) is 6.61 Å². The van der Waals surface area contributed by atoms with Crippen molar-refractivity contribution >= 4 is 29.4 Å². The van der Waals surface area contributed by atoms with E-state index >= 15 is 0 Å². The zero-order valence-corrected chi connectivity index (χ0v) is 17.7. The van der Waals surface area contributed by atoms with E-state index in [1.54, 1.807) is 13.8 Å². The molecule has 0 heterocycles. The van der Waals surface area contributed by atoms with E-state index in [2.05, 4.69) is 5.32 Å². The normalized spacial score (nSPS) is 12.5. The number of benzene rings is 2. The highest BCUT2D eigenvalue weighted by atomic mass is 35.5. The molecule has 0 aliphatic carbocycles. The van der Waals surface area contributed by atoms with Crippen molar-refractivity contribution in [3.63, 3.8) is 0 Å². The van der Waals surface area contributed by atoms with Crippen molar-refractivity contribution in [3.8, 4) is 11.1 Å². The summed E-state index contributed by atoms with van der Waals surface area (Å²) in [6.45, 7) is 3.74. The number of rotatable bonds is 8. The monoisotopic (exact) mass is 431 g/mol. The summed E-state index contributed by atoms with van der Waals surface area (Å²) in [5.74, 6) is 2.44. The van der Waals surface area contributed by atoms with Crippen molar-refractivity contribution in [2.24, 2.45) is 11.8 Å². The Labute approximate surface area is 180 Å². The fourth-order valence-electron chi connectivity index (χ4n) is 3.10. The summed E-state index contributed by atoms with van der Waals surface area (Å²) in [4.78, 5) is 35.5. The molecule has 0 aromatic heterocycles. The van der Waals surface area contributed by atoms with Gasteiger partial charge in [0.25, 0.3) is 0 Å². The van der Waals surface area contributed by atoms with Gasteiger partial charge in [-0.05, 0) is 48.6 Å². The van der Waals surface area contributed by atoms with Gasteiger partial charge in [-0.3, -0.25) is 19.8 Å². The number of halogens is 1. The molecule has 8 heteroatoms. The van der Waals surface area contributed by atoms with E-state index in [0.29, 0.717) is 17.9 Å². The van der Waals surface area contributed by atoms with Gasteiger partial charge >= 0.3 is 17.8 Å². The van der Waals surface area contributed by atoms with E-state index in [4.69, 9.17) is 22.2 Å². The predicted molar refractivity (Wildman–Crippen MR) is 115 cm³/mol. The second kappa shape index (κ2) is 11.3. The van der Waals surface area contributed by atoms with Gasteiger partial charge in [-0.2, -0.15) is 0 Å². The third-order valence-corrected chi connectivity index (χ3v) is 4.83. The van der Waals surface area contributed by atoms with Gasteiger partial charge in [0, 0.05) is 11.1 Å². The molecule has 7 nitrogen and oxygen atoms in total. The molecule has 0 saturated carbocycles. The van der Waals surface area contributed by atoms with Crippen molar-refractivity contribution in [1.82, 2.24) is 10.7 Å². The van der Waals surface area contributed by atoms with Crippen LogP contribution in [0.5, 0.6) is 0 Å². The first-order valence-electron chi connectivity index (χ1n) is 9.67. The zero-order chi connectivity index (χ0) is 22.1. The van der Waals surface area contributed by atoms with Crippen LogP contribution < -0.4 is 16.6 Å². The van der Waals surface area contributed by atoms with Crippen LogP contribution in [0.4, 0.5) is 0 Å². The van der Waals surface area contributed by atoms with Crippen LogP contribution in [0.2, 0.25) is 5.02 Å². The third-order valence-electron chi connectivity index (χ3n) is 4.59. The Kier molecular flexibility index (Phi) is 8.83. The number of ether oxygens (including phenoxy) is 1. The Morgan fingerprint density at radius 3 is 2.37 bits per heavy atom. The first-order valence-corrected chi connectivity index (χ1v) is 10.0. The van der Waals surface area contributed by atoms with Crippen LogP contribution in [0.3, 0.4) is 0 Å². The molecule has 2 unspecified atom stereocenters. The molecule has 2 rings (SSSR count). The van der Waals surface area contributed by atoms with Gasteiger partial charge in [0.2, 0.25) is 0 Å². The Balaban J connectivity index is 2.14. The molecule has 0 aliphatic heterocycles. The van der Waals surface area contributed by atoms with E-state index in [1.165, 1.54) is 0 Å². The minimum atomic E-state index is -0.944. The fourth-order valence-corrected chi connectivity index (χ4v) is 3.29. The first-order chi connectivity index (χ1) is 14.3. The molecule has 0 bridgehead atoms. The highest BCUT2D eigenvalue weighted by Crippen LogP contribution is 2.23. The van der Waals surface area contributed by atoms with Crippen molar-refractivity contribution in [2.45, 2.75) is 32.7 Å². The summed E-state index contributed by atoms with van der Waals surface area (Å²) >= 11 is 6.06. The molecule has 30 heavy (non-hydrogen) atoms. The van der Waals surface area contributed by atoms with Crippen molar-refractivity contribution in [1.29, 1.82) is 0 Å². The molecule has 0 radical (unpaired) electrons. The summed E-state index contributed by atoms with van der Waals surface area (Å²) < 4.78 is 5.04. The van der Waals surface area contributed by atoms with E-state index in [-0.39, 0.29) is 12.6 Å². The number of nitrogens with two attached hydrogens (primary N) is 1. The Hall–Kier alpha value is -2.90. The van der Waals surface area contributed by atoms with E-state index in [0.717, 1.165) is 16.7 Å². The van der Waals surface area contributed by atoms with E-state index in [9.17, 15) is 14.4 Å². The second-order valence-corrected chi connectivity index (χ2v) is 7.38. The fraction of sp³-hybridized carbons (Fsp3) is 0.318. The number of carbonyl (C=O) groups excluding carboxylic acids is 3. The number of hydrogen-bond donors (Lipinski definition) is 3. The van der Waals surface area contributed by atoms with Gasteiger partial charge in [-0.1, -0.05) is 54.9 Å². The van der Waals surface area contributed by atoms with E-state index in [1.807, 2.05) is 54.0 Å². The molecule has 2 atom stereocenters. The van der Waals surface area contributed by atoms with Crippen LogP contribution >= 0.6 is 11.6 Å². The first kappa shape index (κ1) is 23.4. The lowest BCUT2D eigenvalue weighted by Gasteiger charge is -2.21. The second-order valence-electron chi connectivity index (χ2n) is 6.94. The highest BCUT2D eigenvalue weighted by molar-refractivity contribution is 6.35. The van der Waals surface area contributed by atoms with E-state index < -0.39 is 23.8 Å². The average molecular weight is 432 g/mol. The van der Waals surface area contributed by atoms with Gasteiger partial charge in [-0.25, -0.2) is 5.84 Å². The number of amides is 2. The lowest BCUT2D eigenvalue weighted by atomic mass is 9.95. The number of hydrogen-bond acceptors (Lipinski definition) is 5. The van der Waals surface area contributed by atoms with Gasteiger partial charge < -0.3 is 10.1 Å². The van der Waals surface area contributed by atoms with Gasteiger partial charge in [-0.15, -0.1) is 0 Å². The summed E-state index contributed by atoms with van der Waals surface area (Å²) in [7, 11) is 0. The van der Waals surface area contributed by atoms with Crippen LogP contribution in [0.1, 0.15) is 25.8 Å². The minimum absolute atomic E-state index is 0.279. The molecule has 0 saturated heterocycles. The molecule has 0 aliphatic rings.